The largest absolute Gasteiger partial charge is 0.309 e. The number of nitriles is 1. The average Bonchev–Trinajstić information content (AvgIpc) is 3.33. The molecule has 1 aliphatic carbocycles. The molecule has 0 saturated carbocycles. The zero-order chi connectivity index (χ0) is 23.1. The van der Waals surface area contributed by atoms with Gasteiger partial charge in [-0.05, 0) is 73.4 Å². The van der Waals surface area contributed by atoms with Gasteiger partial charge in [-0.1, -0.05) is 28.1 Å². The maximum Gasteiger partial charge on any atom is 0.161 e. The molecule has 0 unspecified atom stereocenters. The van der Waals surface area contributed by atoms with E-state index in [-0.39, 0.29) is 11.6 Å². The molecule has 2 aromatic carbocycles. The summed E-state index contributed by atoms with van der Waals surface area (Å²) in [5.41, 5.74) is 4.45. The van der Waals surface area contributed by atoms with Crippen molar-refractivity contribution < 1.29 is 9.18 Å². The first-order chi connectivity index (χ1) is 16.0. The highest BCUT2D eigenvalue weighted by molar-refractivity contribution is 9.10. The summed E-state index contributed by atoms with van der Waals surface area (Å²) in [6, 6.07) is 18.4. The van der Waals surface area contributed by atoms with Crippen LogP contribution >= 0.6 is 15.9 Å². The van der Waals surface area contributed by atoms with E-state index in [1.54, 1.807) is 12.1 Å². The molecule has 3 aromatic rings. The zero-order valence-corrected chi connectivity index (χ0v) is 19.6. The number of ketones is 1. The van der Waals surface area contributed by atoms with Crippen LogP contribution in [-0.2, 0) is 4.79 Å². The van der Waals surface area contributed by atoms with Crippen LogP contribution in [0.15, 0.2) is 88.3 Å². The minimum Gasteiger partial charge on any atom is -0.309 e. The summed E-state index contributed by atoms with van der Waals surface area (Å²) in [6.07, 6.45) is 5.65. The second-order valence-corrected chi connectivity index (χ2v) is 9.25. The third kappa shape index (κ3) is 3.63. The fourth-order valence-corrected chi connectivity index (χ4v) is 5.40. The van der Waals surface area contributed by atoms with Gasteiger partial charge in [0.2, 0.25) is 0 Å². The highest BCUT2D eigenvalue weighted by Crippen LogP contribution is 2.49. The Bertz CT molecular complexity index is 1360. The number of nitrogens with zero attached hydrogens (tertiary/aromatic N) is 3. The highest BCUT2D eigenvalue weighted by Gasteiger charge is 2.41. The molecule has 0 N–H and O–H groups in total. The van der Waals surface area contributed by atoms with Crippen LogP contribution in [0.2, 0.25) is 0 Å². The van der Waals surface area contributed by atoms with E-state index in [4.69, 9.17) is 0 Å². The topological polar surface area (TPSA) is 49.0 Å². The molecular weight excluding hydrogens is 481 g/mol. The van der Waals surface area contributed by atoms with Crippen molar-refractivity contribution in [3.05, 3.63) is 105 Å². The molecular formula is C27H21BrFN3O. The molecule has 164 valence electrons. The molecule has 6 heteroatoms. The van der Waals surface area contributed by atoms with Crippen LogP contribution in [-0.4, -0.2) is 10.4 Å². The SMILES string of the molecule is Cc1cc(Br)ccc1N1C2=C(C(=O)CCC2)[C@H](c2cccc(F)c2)C(C#N)=C1n1cccc1. The van der Waals surface area contributed by atoms with Crippen LogP contribution in [0.25, 0.3) is 5.82 Å². The van der Waals surface area contributed by atoms with E-state index in [9.17, 15) is 14.4 Å². The number of carbonyl (C=O) groups excluding carboxylic acids is 1. The molecule has 0 radical (unpaired) electrons. The summed E-state index contributed by atoms with van der Waals surface area (Å²) in [7, 11) is 0. The number of rotatable bonds is 3. The summed E-state index contributed by atoms with van der Waals surface area (Å²) in [5, 5.41) is 10.4. The lowest BCUT2D eigenvalue weighted by Gasteiger charge is -2.41. The molecule has 0 spiro atoms. The smallest absolute Gasteiger partial charge is 0.161 e. The fraction of sp³-hybridized carbons (Fsp3) is 0.185. The van der Waals surface area contributed by atoms with E-state index < -0.39 is 5.92 Å². The number of allylic oxidation sites excluding steroid dienone is 3. The zero-order valence-electron chi connectivity index (χ0n) is 18.1. The Morgan fingerprint density at radius 3 is 2.58 bits per heavy atom. The molecule has 2 heterocycles. The van der Waals surface area contributed by atoms with Crippen molar-refractivity contribution in [2.45, 2.75) is 32.1 Å². The number of carbonyl (C=O) groups is 1. The summed E-state index contributed by atoms with van der Waals surface area (Å²) >= 11 is 3.54. The second kappa shape index (κ2) is 8.49. The first-order valence-corrected chi connectivity index (χ1v) is 11.6. The van der Waals surface area contributed by atoms with Crippen molar-refractivity contribution in [3.8, 4) is 6.07 Å². The summed E-state index contributed by atoms with van der Waals surface area (Å²) in [4.78, 5) is 15.4. The van der Waals surface area contributed by atoms with Crippen LogP contribution in [0.1, 0.15) is 36.3 Å². The van der Waals surface area contributed by atoms with Crippen LogP contribution in [0.4, 0.5) is 10.1 Å². The van der Waals surface area contributed by atoms with E-state index in [2.05, 4.69) is 26.9 Å². The maximum atomic E-state index is 14.3. The molecule has 2 aliphatic rings. The van der Waals surface area contributed by atoms with Crippen molar-refractivity contribution in [2.24, 2.45) is 0 Å². The normalized spacial score (nSPS) is 18.4. The van der Waals surface area contributed by atoms with Gasteiger partial charge in [-0.2, -0.15) is 5.26 Å². The molecule has 0 amide bonds. The lowest BCUT2D eigenvalue weighted by molar-refractivity contribution is -0.116. The Hall–Kier alpha value is -3.43. The number of aryl methyl sites for hydroxylation is 1. The number of anilines is 1. The fourth-order valence-electron chi connectivity index (χ4n) is 4.92. The molecule has 0 saturated heterocycles. The second-order valence-electron chi connectivity index (χ2n) is 8.33. The van der Waals surface area contributed by atoms with Crippen LogP contribution in [0, 0.1) is 24.1 Å². The van der Waals surface area contributed by atoms with Gasteiger partial charge in [0.05, 0.1) is 23.2 Å². The third-order valence-corrected chi connectivity index (χ3v) is 6.77. The molecule has 4 nitrogen and oxygen atoms in total. The van der Waals surface area contributed by atoms with Crippen molar-refractivity contribution in [2.75, 3.05) is 4.90 Å². The van der Waals surface area contributed by atoms with E-state index in [0.717, 1.165) is 27.8 Å². The quantitative estimate of drug-likeness (QED) is 0.401. The van der Waals surface area contributed by atoms with Gasteiger partial charge in [-0.25, -0.2) is 4.39 Å². The molecule has 5 rings (SSSR count). The number of aromatic nitrogens is 1. The standard InChI is InChI=1S/C27H21BrFN3O/c1-17-14-19(28)10-11-22(17)32-23-8-5-9-24(33)26(23)25(18-6-4-7-20(29)15-18)21(16-30)27(32)31-12-2-3-13-31/h2-4,6-7,10-15,25H,5,8-9H2,1H3/t25-/m1/s1. The van der Waals surface area contributed by atoms with E-state index in [1.807, 2.05) is 54.2 Å². The lowest BCUT2D eigenvalue weighted by Crippen LogP contribution is -2.37. The highest BCUT2D eigenvalue weighted by atomic mass is 79.9. The van der Waals surface area contributed by atoms with Crippen LogP contribution in [0.3, 0.4) is 0 Å². The summed E-state index contributed by atoms with van der Waals surface area (Å²) in [6.45, 7) is 2.02. The van der Waals surface area contributed by atoms with E-state index in [1.165, 1.54) is 12.1 Å². The minimum absolute atomic E-state index is 0.0181. The molecule has 1 atom stereocenters. The maximum absolute atomic E-state index is 14.3. The Balaban J connectivity index is 1.87. The van der Waals surface area contributed by atoms with Crippen molar-refractivity contribution in [1.82, 2.24) is 4.57 Å². The van der Waals surface area contributed by atoms with Gasteiger partial charge < -0.3 is 4.57 Å². The average molecular weight is 502 g/mol. The molecule has 1 aromatic heterocycles. The molecule has 1 aliphatic heterocycles. The monoisotopic (exact) mass is 501 g/mol. The molecule has 0 fully saturated rings. The van der Waals surface area contributed by atoms with Gasteiger partial charge in [0, 0.05) is 34.6 Å². The minimum atomic E-state index is -0.613. The van der Waals surface area contributed by atoms with E-state index >= 15 is 0 Å². The lowest BCUT2D eigenvalue weighted by atomic mass is 9.75. The third-order valence-electron chi connectivity index (χ3n) is 6.28. The summed E-state index contributed by atoms with van der Waals surface area (Å²) < 4.78 is 17.1. The van der Waals surface area contributed by atoms with Gasteiger partial charge in [-0.3, -0.25) is 9.69 Å². The Kier molecular flexibility index (Phi) is 5.51. The van der Waals surface area contributed by atoms with Gasteiger partial charge in [0.15, 0.2) is 5.78 Å². The first kappa shape index (κ1) is 21.4. The van der Waals surface area contributed by atoms with Gasteiger partial charge >= 0.3 is 0 Å². The number of hydrogen-bond acceptors (Lipinski definition) is 3. The predicted molar refractivity (Wildman–Crippen MR) is 130 cm³/mol. The molecule has 33 heavy (non-hydrogen) atoms. The van der Waals surface area contributed by atoms with Crippen LogP contribution in [0.5, 0.6) is 0 Å². The number of benzene rings is 2. The Labute approximate surface area is 200 Å². The Morgan fingerprint density at radius 2 is 1.88 bits per heavy atom. The first-order valence-electron chi connectivity index (χ1n) is 10.8. The van der Waals surface area contributed by atoms with Crippen LogP contribution < -0.4 is 4.90 Å². The molecule has 0 bridgehead atoms. The number of halogens is 2. The van der Waals surface area contributed by atoms with Gasteiger partial charge in [-0.15, -0.1) is 0 Å². The van der Waals surface area contributed by atoms with Gasteiger partial charge in [0.25, 0.3) is 0 Å². The van der Waals surface area contributed by atoms with E-state index in [0.29, 0.717) is 35.4 Å². The van der Waals surface area contributed by atoms with Crippen molar-refractivity contribution in [3.63, 3.8) is 0 Å². The Morgan fingerprint density at radius 1 is 1.09 bits per heavy atom. The summed E-state index contributed by atoms with van der Waals surface area (Å²) in [5.74, 6) is -0.304. The van der Waals surface area contributed by atoms with Gasteiger partial charge in [0.1, 0.15) is 11.6 Å². The van der Waals surface area contributed by atoms with Crippen molar-refractivity contribution in [1.29, 1.82) is 5.26 Å². The predicted octanol–water partition coefficient (Wildman–Crippen LogP) is 6.70. The number of hydrogen-bond donors (Lipinski definition) is 0. The number of Topliss-reactive ketones (excluding diaryl/α,β-unsaturated/α-hetero) is 1. The van der Waals surface area contributed by atoms with Crippen molar-refractivity contribution >= 4 is 33.2 Å².